The van der Waals surface area contributed by atoms with Crippen LogP contribution < -0.4 is 5.32 Å². The number of nitrogens with one attached hydrogen (secondary N) is 1. The molecule has 1 heterocycles. The molecule has 1 saturated heterocycles. The van der Waals surface area contributed by atoms with E-state index >= 15 is 0 Å². The Labute approximate surface area is 108 Å². The third-order valence-corrected chi connectivity index (χ3v) is 4.93. The molecule has 1 aliphatic heterocycles. The highest BCUT2D eigenvalue weighted by atomic mass is 32.2. The molecule has 0 bridgehead atoms. The van der Waals surface area contributed by atoms with Gasteiger partial charge in [0.05, 0.1) is 17.6 Å². The maximum atomic E-state index is 11.3. The number of aliphatic hydroxyl groups excluding tert-OH is 1. The van der Waals surface area contributed by atoms with Gasteiger partial charge in [-0.15, -0.1) is 0 Å². The number of sulfone groups is 1. The van der Waals surface area contributed by atoms with Crippen LogP contribution >= 0.6 is 0 Å². The van der Waals surface area contributed by atoms with E-state index in [1.165, 1.54) is 5.56 Å². The molecule has 2 rings (SSSR count). The standard InChI is InChI=1S/C13H19NO3S/c15-13-10-18(16,17)9-12(13)14-8-4-7-11-5-2-1-3-6-11/h1-3,5-6,12-15H,4,7-10H2/t12-,13+/m0/s1. The van der Waals surface area contributed by atoms with Gasteiger partial charge < -0.3 is 10.4 Å². The maximum absolute atomic E-state index is 11.3. The first kappa shape index (κ1) is 13.5. The normalized spacial score (nSPS) is 26.3. The summed E-state index contributed by atoms with van der Waals surface area (Å²) in [6.45, 7) is 0.728. The van der Waals surface area contributed by atoms with Crippen molar-refractivity contribution in [1.29, 1.82) is 0 Å². The molecule has 100 valence electrons. The molecule has 2 atom stereocenters. The molecule has 1 aliphatic rings. The van der Waals surface area contributed by atoms with Crippen LogP contribution in [0.4, 0.5) is 0 Å². The van der Waals surface area contributed by atoms with Crippen molar-refractivity contribution in [3.05, 3.63) is 35.9 Å². The van der Waals surface area contributed by atoms with Crippen molar-refractivity contribution in [2.45, 2.75) is 25.0 Å². The Morgan fingerprint density at radius 3 is 2.56 bits per heavy atom. The van der Waals surface area contributed by atoms with Gasteiger partial charge in [0, 0.05) is 6.04 Å². The van der Waals surface area contributed by atoms with Gasteiger partial charge >= 0.3 is 0 Å². The van der Waals surface area contributed by atoms with Crippen LogP contribution in [0.25, 0.3) is 0 Å². The van der Waals surface area contributed by atoms with Crippen LogP contribution in [0.5, 0.6) is 0 Å². The number of rotatable bonds is 5. The lowest BCUT2D eigenvalue weighted by Gasteiger charge is -2.14. The van der Waals surface area contributed by atoms with E-state index in [1.807, 2.05) is 18.2 Å². The lowest BCUT2D eigenvalue weighted by Crippen LogP contribution is -2.39. The van der Waals surface area contributed by atoms with Crippen LogP contribution in [0.15, 0.2) is 30.3 Å². The Kier molecular flexibility index (Phi) is 4.37. The van der Waals surface area contributed by atoms with Crippen molar-refractivity contribution >= 4 is 9.84 Å². The second-order valence-electron chi connectivity index (χ2n) is 4.79. The molecular formula is C13H19NO3S. The molecule has 0 spiro atoms. The second kappa shape index (κ2) is 5.82. The van der Waals surface area contributed by atoms with Gasteiger partial charge in [0.25, 0.3) is 0 Å². The van der Waals surface area contributed by atoms with Gasteiger partial charge in [0.2, 0.25) is 0 Å². The molecule has 4 nitrogen and oxygen atoms in total. The summed E-state index contributed by atoms with van der Waals surface area (Å²) < 4.78 is 22.6. The zero-order valence-corrected chi connectivity index (χ0v) is 11.1. The highest BCUT2D eigenvalue weighted by Crippen LogP contribution is 2.12. The van der Waals surface area contributed by atoms with E-state index in [9.17, 15) is 13.5 Å². The Hall–Kier alpha value is -0.910. The largest absolute Gasteiger partial charge is 0.390 e. The van der Waals surface area contributed by atoms with E-state index in [-0.39, 0.29) is 17.5 Å². The van der Waals surface area contributed by atoms with E-state index in [0.29, 0.717) is 0 Å². The van der Waals surface area contributed by atoms with E-state index in [1.54, 1.807) is 0 Å². The molecule has 1 aromatic carbocycles. The SMILES string of the molecule is O=S1(=O)C[C@@H](O)[C@@H](NCCCc2ccccc2)C1. The summed E-state index contributed by atoms with van der Waals surface area (Å²) in [7, 11) is -3.05. The fourth-order valence-electron chi connectivity index (χ4n) is 2.25. The average Bonchev–Trinajstić information content (AvgIpc) is 2.59. The average molecular weight is 269 g/mol. The quantitative estimate of drug-likeness (QED) is 0.758. The lowest BCUT2D eigenvalue weighted by molar-refractivity contribution is 0.166. The second-order valence-corrected chi connectivity index (χ2v) is 6.95. The smallest absolute Gasteiger partial charge is 0.154 e. The highest BCUT2D eigenvalue weighted by molar-refractivity contribution is 7.91. The van der Waals surface area contributed by atoms with Crippen LogP contribution in [0.2, 0.25) is 0 Å². The van der Waals surface area contributed by atoms with Crippen molar-refractivity contribution in [2.24, 2.45) is 0 Å². The predicted molar refractivity (Wildman–Crippen MR) is 71.2 cm³/mol. The molecule has 2 N–H and O–H groups in total. The first-order valence-corrected chi connectivity index (χ1v) is 8.05. The van der Waals surface area contributed by atoms with Crippen molar-refractivity contribution in [1.82, 2.24) is 5.32 Å². The van der Waals surface area contributed by atoms with Gasteiger partial charge in [-0.05, 0) is 24.9 Å². The summed E-state index contributed by atoms with van der Waals surface area (Å²) >= 11 is 0. The minimum Gasteiger partial charge on any atom is -0.390 e. The summed E-state index contributed by atoms with van der Waals surface area (Å²) in [6, 6.07) is 9.86. The molecule has 1 aromatic rings. The Balaban J connectivity index is 1.70. The predicted octanol–water partition coefficient (Wildman–Crippen LogP) is 0.367. The van der Waals surface area contributed by atoms with Gasteiger partial charge in [0.1, 0.15) is 0 Å². The molecule has 0 amide bonds. The third kappa shape index (κ3) is 3.80. The molecule has 0 aromatic heterocycles. The number of benzene rings is 1. The first-order chi connectivity index (χ1) is 8.57. The third-order valence-electron chi connectivity index (χ3n) is 3.21. The van der Waals surface area contributed by atoms with Gasteiger partial charge in [0.15, 0.2) is 9.84 Å². The molecule has 0 unspecified atom stereocenters. The summed E-state index contributed by atoms with van der Waals surface area (Å²) in [5, 5.41) is 12.7. The highest BCUT2D eigenvalue weighted by Gasteiger charge is 2.35. The van der Waals surface area contributed by atoms with E-state index in [4.69, 9.17) is 0 Å². The molecule has 18 heavy (non-hydrogen) atoms. The van der Waals surface area contributed by atoms with Gasteiger partial charge in [-0.2, -0.15) is 0 Å². The van der Waals surface area contributed by atoms with Gasteiger partial charge in [-0.3, -0.25) is 0 Å². The van der Waals surface area contributed by atoms with Crippen molar-refractivity contribution in [3.8, 4) is 0 Å². The van der Waals surface area contributed by atoms with Crippen molar-refractivity contribution in [2.75, 3.05) is 18.1 Å². The monoisotopic (exact) mass is 269 g/mol. The van der Waals surface area contributed by atoms with E-state index < -0.39 is 15.9 Å². The molecule has 0 saturated carbocycles. The van der Waals surface area contributed by atoms with Crippen LogP contribution in [0, 0.1) is 0 Å². The molecular weight excluding hydrogens is 250 g/mol. The molecule has 0 radical (unpaired) electrons. The maximum Gasteiger partial charge on any atom is 0.154 e. The summed E-state index contributed by atoms with van der Waals surface area (Å²) in [6.07, 6.45) is 1.14. The Bertz CT molecular complexity index is 472. The van der Waals surface area contributed by atoms with Gasteiger partial charge in [-0.1, -0.05) is 30.3 Å². The van der Waals surface area contributed by atoms with Crippen LogP contribution in [0.1, 0.15) is 12.0 Å². The summed E-state index contributed by atoms with van der Waals surface area (Å²) in [5.41, 5.74) is 1.28. The van der Waals surface area contributed by atoms with Crippen molar-refractivity contribution < 1.29 is 13.5 Å². The molecule has 1 fully saturated rings. The van der Waals surface area contributed by atoms with Crippen LogP contribution in [-0.4, -0.2) is 43.7 Å². The zero-order chi connectivity index (χ0) is 13.0. The fourth-order valence-corrected chi connectivity index (χ4v) is 4.02. The van der Waals surface area contributed by atoms with Gasteiger partial charge in [-0.25, -0.2) is 8.42 Å². The summed E-state index contributed by atoms with van der Waals surface area (Å²) in [4.78, 5) is 0. The number of aliphatic hydroxyl groups is 1. The lowest BCUT2D eigenvalue weighted by atomic mass is 10.1. The Morgan fingerprint density at radius 1 is 1.22 bits per heavy atom. The first-order valence-electron chi connectivity index (χ1n) is 6.23. The van der Waals surface area contributed by atoms with Crippen molar-refractivity contribution in [3.63, 3.8) is 0 Å². The Morgan fingerprint density at radius 2 is 1.94 bits per heavy atom. The zero-order valence-electron chi connectivity index (χ0n) is 10.2. The topological polar surface area (TPSA) is 66.4 Å². The fraction of sp³-hybridized carbons (Fsp3) is 0.538. The van der Waals surface area contributed by atoms with E-state index in [0.717, 1.165) is 19.4 Å². The van der Waals surface area contributed by atoms with E-state index in [2.05, 4.69) is 17.4 Å². The summed E-state index contributed by atoms with van der Waals surface area (Å²) in [5.74, 6) is -0.0527. The van der Waals surface area contributed by atoms with Crippen LogP contribution in [0.3, 0.4) is 0 Å². The molecule has 5 heteroatoms. The minimum absolute atomic E-state index is 0.0551. The number of aryl methyl sites for hydroxylation is 1. The number of hydrogen-bond acceptors (Lipinski definition) is 4. The minimum atomic E-state index is -3.05. The molecule has 0 aliphatic carbocycles. The number of hydrogen-bond donors (Lipinski definition) is 2. The van der Waals surface area contributed by atoms with Crippen LogP contribution in [-0.2, 0) is 16.3 Å².